The molecule has 0 bridgehead atoms. The Labute approximate surface area is 527 Å². The van der Waals surface area contributed by atoms with Crippen LogP contribution in [0.4, 0.5) is 51.2 Å². The molecule has 0 atom stereocenters. The van der Waals surface area contributed by atoms with Gasteiger partial charge in [-0.3, -0.25) is 0 Å². The van der Waals surface area contributed by atoms with Gasteiger partial charge in [-0.05, 0) is 151 Å². The van der Waals surface area contributed by atoms with E-state index in [-0.39, 0.29) is 28.4 Å². The van der Waals surface area contributed by atoms with Gasteiger partial charge in [-0.15, -0.1) is 11.3 Å². The summed E-state index contributed by atoms with van der Waals surface area (Å²) in [6.45, 7) is 27.8. The lowest BCUT2D eigenvalue weighted by atomic mass is 9.36. The molecule has 2 aliphatic rings. The lowest BCUT2D eigenvalue weighted by Crippen LogP contribution is -2.60. The highest BCUT2D eigenvalue weighted by molar-refractivity contribution is 7.33. The van der Waals surface area contributed by atoms with Gasteiger partial charge in [-0.25, -0.2) is 0 Å². The van der Waals surface area contributed by atoms with E-state index in [0.717, 1.165) is 84.2 Å². The molecule has 0 saturated carbocycles. The van der Waals surface area contributed by atoms with Gasteiger partial charge in [0, 0.05) is 64.8 Å². The first-order valence-corrected chi connectivity index (χ1v) is 32.4. The Hall–Kier alpha value is -9.30. The molecular formula is C82H73BN4OS. The van der Waals surface area contributed by atoms with E-state index in [1.165, 1.54) is 75.3 Å². The number of benzene rings is 11. The third kappa shape index (κ3) is 8.63. The normalized spacial score (nSPS) is 13.6. The zero-order valence-electron chi connectivity index (χ0n) is 53.0. The molecule has 0 N–H and O–H groups in total. The van der Waals surface area contributed by atoms with Crippen LogP contribution in [0.5, 0.6) is 0 Å². The Morgan fingerprint density at radius 2 is 0.944 bits per heavy atom. The van der Waals surface area contributed by atoms with Crippen LogP contribution in [0.15, 0.2) is 229 Å². The summed E-state index contributed by atoms with van der Waals surface area (Å²) < 4.78 is 12.7. The summed E-state index contributed by atoms with van der Waals surface area (Å²) in [5.41, 5.74) is 22.6. The van der Waals surface area contributed by atoms with Gasteiger partial charge in [0.15, 0.2) is 5.58 Å². The van der Waals surface area contributed by atoms with Crippen molar-refractivity contribution in [3.63, 3.8) is 0 Å². The molecule has 0 saturated heterocycles. The van der Waals surface area contributed by atoms with E-state index in [1.807, 2.05) is 11.3 Å². The van der Waals surface area contributed by atoms with Crippen LogP contribution in [-0.4, -0.2) is 11.3 Å². The van der Waals surface area contributed by atoms with Crippen molar-refractivity contribution < 1.29 is 4.42 Å². The minimum Gasteiger partial charge on any atom is -0.454 e. The Bertz CT molecular complexity index is 5150. The van der Waals surface area contributed by atoms with Crippen LogP contribution < -0.4 is 30.4 Å². The first-order valence-electron chi connectivity index (χ1n) is 31.6. The van der Waals surface area contributed by atoms with Crippen LogP contribution >= 0.6 is 11.3 Å². The van der Waals surface area contributed by atoms with Crippen LogP contribution in [0.2, 0.25) is 0 Å². The fourth-order valence-electron chi connectivity index (χ4n) is 14.5. The fraction of sp³-hybridized carbons (Fsp3) is 0.195. The van der Waals surface area contributed by atoms with Crippen LogP contribution in [0.1, 0.15) is 105 Å². The largest absolute Gasteiger partial charge is 0.454 e. The second kappa shape index (κ2) is 19.6. The van der Waals surface area contributed by atoms with E-state index < -0.39 is 0 Å². The standard InChI is InChI=1S/C82H73BN4OS/c1-79(2,3)51-32-38-55(39-33-51)84(64-30-21-23-50-22-13-14-24-58(50)64)68-43-44-69(77-74(68)61-27-17-20-31-72(61)88-77)87-67-42-36-54(82(10,11)12)47-63(67)83-75-70(48-57(49-71(75)87)85-65-28-18-15-25-59(65)60-26-16-19-29-66(60)85)86(56-40-34-52(35-41-56)80(4,5)6)76-62-46-53(81(7,8)9)37-45-73(62)89-78(76)83/h13-49H,1-12H3. The topological polar surface area (TPSA) is 27.8 Å². The second-order valence-corrected chi connectivity index (χ2v) is 30.1. The van der Waals surface area contributed by atoms with Crippen molar-refractivity contribution in [3.05, 3.63) is 247 Å². The average Bonchev–Trinajstić information content (AvgIpc) is 1.68. The number of furan rings is 1. The first kappa shape index (κ1) is 55.0. The molecule has 0 fully saturated rings. The van der Waals surface area contributed by atoms with Crippen molar-refractivity contribution in [3.8, 4) is 5.69 Å². The van der Waals surface area contributed by atoms with Crippen molar-refractivity contribution in [2.24, 2.45) is 0 Å². The number of para-hydroxylation sites is 3. The van der Waals surface area contributed by atoms with Gasteiger partial charge in [0.1, 0.15) is 5.58 Å². The van der Waals surface area contributed by atoms with Crippen molar-refractivity contribution in [1.82, 2.24) is 4.57 Å². The number of rotatable bonds is 6. The number of hydrogen-bond acceptors (Lipinski definition) is 5. The molecule has 0 unspecified atom stereocenters. The SMILES string of the molecule is CC(C)(C)c1ccc(N2c3cc(-n4c5ccccc5c5ccccc54)cc4c3B(c3cc(C(C)(C)C)ccc3N4c3ccc(N(c4ccc(C(C)(C)C)cc4)c4cccc5ccccc45)c4c3oc3ccccc34)c3sc4ccc(C(C)(C)C)cc4c32)cc1. The predicted molar refractivity (Wildman–Crippen MR) is 384 cm³/mol. The van der Waals surface area contributed by atoms with E-state index in [2.05, 4.69) is 327 Å². The smallest absolute Gasteiger partial charge is 0.264 e. The van der Waals surface area contributed by atoms with Crippen LogP contribution in [-0.2, 0) is 21.7 Å². The third-order valence-corrected chi connectivity index (χ3v) is 20.4. The van der Waals surface area contributed by atoms with Crippen molar-refractivity contribution >= 4 is 150 Å². The number of thiophene rings is 1. The molecule has 0 aliphatic carbocycles. The minimum absolute atomic E-state index is 0.0177. The maximum absolute atomic E-state index is 7.56. The van der Waals surface area contributed by atoms with Crippen LogP contribution in [0.3, 0.4) is 0 Å². The second-order valence-electron chi connectivity index (χ2n) is 29.0. The molecule has 14 aromatic rings. The third-order valence-electron chi connectivity index (χ3n) is 19.2. The van der Waals surface area contributed by atoms with Gasteiger partial charge >= 0.3 is 0 Å². The van der Waals surface area contributed by atoms with Gasteiger partial charge in [-0.1, -0.05) is 217 Å². The zero-order chi connectivity index (χ0) is 61.2. The Morgan fingerprint density at radius 1 is 0.404 bits per heavy atom. The van der Waals surface area contributed by atoms with E-state index in [0.29, 0.717) is 0 Å². The zero-order valence-corrected chi connectivity index (χ0v) is 53.9. The van der Waals surface area contributed by atoms with Gasteiger partial charge in [0.2, 0.25) is 0 Å². The summed E-state index contributed by atoms with van der Waals surface area (Å²) in [7, 11) is 0. The van der Waals surface area contributed by atoms with Gasteiger partial charge in [-0.2, -0.15) is 0 Å². The molecule has 0 spiro atoms. The van der Waals surface area contributed by atoms with Gasteiger partial charge in [0.05, 0.1) is 44.9 Å². The maximum atomic E-state index is 7.56. The number of nitrogens with zero attached hydrogens (tertiary/aromatic N) is 4. The molecule has 436 valence electrons. The average molecular weight is 1170 g/mol. The Morgan fingerprint density at radius 3 is 1.61 bits per heavy atom. The highest BCUT2D eigenvalue weighted by atomic mass is 32.1. The summed E-state index contributed by atoms with van der Waals surface area (Å²) in [6, 6.07) is 85.1. The number of hydrogen-bond donors (Lipinski definition) is 0. The van der Waals surface area contributed by atoms with Gasteiger partial charge in [0.25, 0.3) is 6.71 Å². The molecule has 0 radical (unpaired) electrons. The molecule has 16 rings (SSSR count). The predicted octanol–water partition coefficient (Wildman–Crippen LogP) is 21.8. The van der Waals surface area contributed by atoms with E-state index in [9.17, 15) is 0 Å². The lowest BCUT2D eigenvalue weighted by Gasteiger charge is -2.44. The summed E-state index contributed by atoms with van der Waals surface area (Å²) >= 11 is 1.96. The summed E-state index contributed by atoms with van der Waals surface area (Å²) in [6.07, 6.45) is 0. The molecule has 5 heterocycles. The lowest BCUT2D eigenvalue weighted by molar-refractivity contribution is 0.590. The molecule has 2 aliphatic heterocycles. The number of fused-ring (bicyclic) bond motifs is 13. The van der Waals surface area contributed by atoms with E-state index in [1.54, 1.807) is 0 Å². The van der Waals surface area contributed by atoms with Crippen LogP contribution in [0, 0.1) is 0 Å². The first-order chi connectivity index (χ1) is 42.7. The number of aromatic nitrogens is 1. The molecular weight excluding hydrogens is 1100 g/mol. The molecule has 89 heavy (non-hydrogen) atoms. The van der Waals surface area contributed by atoms with Crippen molar-refractivity contribution in [1.29, 1.82) is 0 Å². The summed E-state index contributed by atoms with van der Waals surface area (Å²) in [5.74, 6) is 0. The Balaban J connectivity index is 1.05. The molecule has 5 nitrogen and oxygen atoms in total. The fourth-order valence-corrected chi connectivity index (χ4v) is 15.8. The van der Waals surface area contributed by atoms with Gasteiger partial charge < -0.3 is 23.7 Å². The van der Waals surface area contributed by atoms with Crippen LogP contribution in [0.25, 0.3) is 70.3 Å². The highest BCUT2D eigenvalue weighted by Gasteiger charge is 2.47. The highest BCUT2D eigenvalue weighted by Crippen LogP contribution is 2.54. The molecule has 0 amide bonds. The summed E-state index contributed by atoms with van der Waals surface area (Å²) in [4.78, 5) is 7.70. The van der Waals surface area contributed by atoms with E-state index in [4.69, 9.17) is 4.42 Å². The number of anilines is 9. The quantitative estimate of drug-likeness (QED) is 0.155. The molecule has 11 aromatic carbocycles. The molecule has 3 aromatic heterocycles. The Kier molecular flexibility index (Phi) is 12.1. The molecule has 7 heteroatoms. The van der Waals surface area contributed by atoms with Crippen molar-refractivity contribution in [2.45, 2.75) is 105 Å². The monoisotopic (exact) mass is 1170 g/mol. The van der Waals surface area contributed by atoms with E-state index >= 15 is 0 Å². The summed E-state index contributed by atoms with van der Waals surface area (Å²) in [5, 5.41) is 8.20. The minimum atomic E-state index is -0.132. The van der Waals surface area contributed by atoms with Crippen molar-refractivity contribution in [2.75, 3.05) is 14.7 Å². The maximum Gasteiger partial charge on any atom is 0.264 e.